The van der Waals surface area contributed by atoms with E-state index in [0.29, 0.717) is 18.4 Å². The van der Waals surface area contributed by atoms with Gasteiger partial charge in [-0.3, -0.25) is 4.79 Å². The van der Waals surface area contributed by atoms with Crippen LogP contribution in [0.2, 0.25) is 0 Å². The number of nitrogens with zero attached hydrogens (tertiary/aromatic N) is 2. The highest BCUT2D eigenvalue weighted by atomic mass is 16.5. The van der Waals surface area contributed by atoms with Crippen LogP contribution in [0.25, 0.3) is 0 Å². The highest BCUT2D eigenvalue weighted by molar-refractivity contribution is 5.75. The van der Waals surface area contributed by atoms with E-state index in [1.54, 1.807) is 5.57 Å². The van der Waals surface area contributed by atoms with Gasteiger partial charge in [0.15, 0.2) is 0 Å². The van der Waals surface area contributed by atoms with Crippen molar-refractivity contribution in [3.63, 3.8) is 0 Å². The summed E-state index contributed by atoms with van der Waals surface area (Å²) in [6.07, 6.45) is 19.8. The number of carbonyl (C=O) groups excluding carboxylic acids is 2. The number of allylic oxidation sites excluding steroid dienone is 2. The number of nitrogens with one attached hydrogen (secondary N) is 1. The Labute approximate surface area is 318 Å². The molecule has 0 saturated carbocycles. The fourth-order valence-electron chi connectivity index (χ4n) is 6.02. The second kappa shape index (κ2) is 30.9. The molecule has 4 aliphatic rings. The summed E-state index contributed by atoms with van der Waals surface area (Å²) in [5, 5.41) is 3.50. The molecule has 0 bridgehead atoms. The van der Waals surface area contributed by atoms with Crippen LogP contribution in [0.4, 0.5) is 5.69 Å². The Morgan fingerprint density at radius 2 is 1.58 bits per heavy atom. The van der Waals surface area contributed by atoms with Crippen molar-refractivity contribution >= 4 is 17.9 Å². The van der Waals surface area contributed by atoms with Crippen LogP contribution in [-0.4, -0.2) is 69.1 Å². The van der Waals surface area contributed by atoms with Crippen molar-refractivity contribution < 1.29 is 14.3 Å². The van der Waals surface area contributed by atoms with E-state index in [2.05, 4.69) is 91.6 Å². The number of ether oxygens (including phenoxy) is 1. The fourth-order valence-corrected chi connectivity index (χ4v) is 6.02. The number of anilines is 1. The molecule has 7 nitrogen and oxygen atoms in total. The van der Waals surface area contributed by atoms with Gasteiger partial charge in [-0.25, -0.2) is 0 Å². The number of aldehydes is 1. The predicted octanol–water partition coefficient (Wildman–Crippen LogP) is 9.24. The lowest BCUT2D eigenvalue weighted by atomic mass is 9.89. The first kappa shape index (κ1) is 48.3. The van der Waals surface area contributed by atoms with Crippen LogP contribution in [0, 0.1) is 12.8 Å². The van der Waals surface area contributed by atoms with Crippen molar-refractivity contribution in [3.05, 3.63) is 101 Å². The maximum atomic E-state index is 10.4. The molecule has 1 aliphatic carbocycles. The van der Waals surface area contributed by atoms with Crippen LogP contribution in [0.5, 0.6) is 0 Å². The van der Waals surface area contributed by atoms with Gasteiger partial charge in [-0.15, -0.1) is 0 Å². The number of rotatable bonds is 8. The van der Waals surface area contributed by atoms with Gasteiger partial charge in [0.1, 0.15) is 12.9 Å². The van der Waals surface area contributed by atoms with Gasteiger partial charge in [-0.1, -0.05) is 134 Å². The zero-order valence-corrected chi connectivity index (χ0v) is 34.5. The van der Waals surface area contributed by atoms with Crippen LogP contribution in [0.1, 0.15) is 104 Å². The molecule has 0 radical (unpaired) electrons. The molecule has 2 atom stereocenters. The van der Waals surface area contributed by atoms with Crippen molar-refractivity contribution in [1.29, 1.82) is 0 Å². The van der Waals surface area contributed by atoms with Crippen molar-refractivity contribution in [2.45, 2.75) is 119 Å². The standard InChI is InChI=1S/C20H24N2.C8H16N2O2.C8H8O.C3H8.3C2H6/c1-15-8-9-20-16(13-15)5-4-11-22(20)12-10-17-14-21-19-7-3-2-6-18(17)19;1-10-4-2-7(3-5-10)12-6-8(9)11;9-7-6-8-4-2-1-3-5-8;1-3-2;3*1-2/h2-3,6-9,13-14,18-19,21H,4-5,10-12H2,1H3;7H,2-6H2,1H3,(H2,9,11);1-5,7H,6H2;3H2,1-2H3;3*1-2H3. The van der Waals surface area contributed by atoms with Gasteiger partial charge in [0.2, 0.25) is 5.91 Å². The lowest BCUT2D eigenvalue weighted by molar-refractivity contribution is -0.125. The Hall–Kier alpha value is -3.68. The highest BCUT2D eigenvalue weighted by Crippen LogP contribution is 2.32. The third kappa shape index (κ3) is 19.2. The first-order valence-electron chi connectivity index (χ1n) is 20.0. The molecular weight excluding hydrogens is 645 g/mol. The van der Waals surface area contributed by atoms with E-state index in [1.165, 1.54) is 42.6 Å². The molecule has 1 amide bonds. The van der Waals surface area contributed by atoms with Gasteiger partial charge in [-0.2, -0.15) is 0 Å². The second-order valence-corrected chi connectivity index (χ2v) is 12.5. The van der Waals surface area contributed by atoms with Crippen LogP contribution >= 0.6 is 0 Å². The van der Waals surface area contributed by atoms with Crippen molar-refractivity contribution in [3.8, 4) is 0 Å². The number of fused-ring (bicyclic) bond motifs is 2. The smallest absolute Gasteiger partial charge is 0.243 e. The largest absolute Gasteiger partial charge is 0.384 e. The zero-order chi connectivity index (χ0) is 39.1. The number of aryl methyl sites for hydroxylation is 2. The van der Waals surface area contributed by atoms with Crippen molar-refractivity contribution in [2.24, 2.45) is 11.7 Å². The first-order chi connectivity index (χ1) is 25.3. The van der Waals surface area contributed by atoms with Gasteiger partial charge in [-0.05, 0) is 75.0 Å². The fraction of sp³-hybridized carbons (Fsp3) is 0.556. The number of nitrogens with two attached hydrogens (primary N) is 1. The van der Waals surface area contributed by atoms with Gasteiger partial charge in [0.05, 0.1) is 12.1 Å². The number of carbonyl (C=O) groups is 2. The number of benzene rings is 2. The van der Waals surface area contributed by atoms with Gasteiger partial charge >= 0.3 is 0 Å². The summed E-state index contributed by atoms with van der Waals surface area (Å²) >= 11 is 0. The molecule has 0 aromatic heterocycles. The van der Waals surface area contributed by atoms with Gasteiger partial charge in [0.25, 0.3) is 0 Å². The maximum Gasteiger partial charge on any atom is 0.243 e. The summed E-state index contributed by atoms with van der Waals surface area (Å²) in [6, 6.07) is 17.1. The third-order valence-corrected chi connectivity index (χ3v) is 8.43. The van der Waals surface area contributed by atoms with E-state index >= 15 is 0 Å². The second-order valence-electron chi connectivity index (χ2n) is 12.5. The van der Waals surface area contributed by atoms with Crippen LogP contribution in [0.3, 0.4) is 0 Å². The summed E-state index contributed by atoms with van der Waals surface area (Å²) in [6.45, 7) is 22.9. The molecule has 1 saturated heterocycles. The summed E-state index contributed by atoms with van der Waals surface area (Å²) in [5.74, 6) is 0.182. The number of amides is 1. The molecule has 292 valence electrons. The van der Waals surface area contributed by atoms with Gasteiger partial charge < -0.3 is 30.4 Å². The molecule has 6 rings (SSSR count). The molecule has 3 N–H and O–H groups in total. The average Bonchev–Trinajstić information content (AvgIpc) is 3.60. The third-order valence-electron chi connectivity index (χ3n) is 8.43. The average molecular weight is 719 g/mol. The number of primary amides is 1. The summed E-state index contributed by atoms with van der Waals surface area (Å²) in [4.78, 5) is 25.2. The topological polar surface area (TPSA) is 87.9 Å². The molecule has 2 aromatic carbocycles. The number of hydrogen-bond donors (Lipinski definition) is 2. The molecule has 0 spiro atoms. The quantitative estimate of drug-likeness (QED) is 0.265. The molecule has 2 unspecified atom stereocenters. The number of likely N-dealkylation sites (tertiary alicyclic amines) is 1. The van der Waals surface area contributed by atoms with Crippen molar-refractivity contribution in [1.82, 2.24) is 10.2 Å². The monoisotopic (exact) mass is 719 g/mol. The molecule has 7 heteroatoms. The van der Waals surface area contributed by atoms with E-state index in [0.717, 1.165) is 50.7 Å². The number of hydrogen-bond acceptors (Lipinski definition) is 6. The zero-order valence-electron chi connectivity index (χ0n) is 34.5. The van der Waals surface area contributed by atoms with E-state index in [4.69, 9.17) is 10.5 Å². The van der Waals surface area contributed by atoms with E-state index in [-0.39, 0.29) is 18.6 Å². The molecule has 3 heterocycles. The van der Waals surface area contributed by atoms with Gasteiger partial charge in [0, 0.05) is 44.2 Å². The van der Waals surface area contributed by atoms with Crippen LogP contribution in [0.15, 0.2) is 84.6 Å². The lowest BCUT2D eigenvalue weighted by Gasteiger charge is -2.32. The molecular formula is C45H74N4O3. The Kier molecular flexibility index (Phi) is 28.7. The molecule has 1 fully saturated rings. The molecule has 52 heavy (non-hydrogen) atoms. The predicted molar refractivity (Wildman–Crippen MR) is 225 cm³/mol. The van der Waals surface area contributed by atoms with Crippen LogP contribution < -0.4 is 16.0 Å². The SMILES string of the molecule is CC.CC.CC.CCC.CN1CCC(OCC(N)=O)CC1.Cc1ccc2c(c1)CCCN2CCC1=CNC2C=CC=CC12.O=CCc1ccccc1. The summed E-state index contributed by atoms with van der Waals surface area (Å²) in [7, 11) is 2.09. The Morgan fingerprint density at radius 3 is 2.19 bits per heavy atom. The summed E-state index contributed by atoms with van der Waals surface area (Å²) < 4.78 is 5.29. The first-order valence-corrected chi connectivity index (χ1v) is 20.0. The summed E-state index contributed by atoms with van der Waals surface area (Å²) in [5.41, 5.74) is 12.0. The van der Waals surface area contributed by atoms with Crippen molar-refractivity contribution in [2.75, 3.05) is 44.7 Å². The number of piperidine rings is 1. The highest BCUT2D eigenvalue weighted by Gasteiger charge is 2.27. The van der Waals surface area contributed by atoms with Crippen LogP contribution in [-0.2, 0) is 27.2 Å². The molecule has 3 aliphatic heterocycles. The maximum absolute atomic E-state index is 10.4. The minimum atomic E-state index is -0.381. The van der Waals surface area contributed by atoms with E-state index in [9.17, 15) is 9.59 Å². The minimum Gasteiger partial charge on any atom is -0.384 e. The van der Waals surface area contributed by atoms with E-state index < -0.39 is 0 Å². The normalized spacial score (nSPS) is 17.9. The Morgan fingerprint density at radius 1 is 0.942 bits per heavy atom. The van der Waals surface area contributed by atoms with E-state index in [1.807, 2.05) is 71.9 Å². The minimum absolute atomic E-state index is 0.0639. The molecule has 2 aromatic rings. The lowest BCUT2D eigenvalue weighted by Crippen LogP contribution is -2.35. The Balaban J connectivity index is 0.000000736. The Bertz CT molecular complexity index is 1280.